The molecule has 8 heteroatoms. The standard InChI is InChI=1S/C11H12ClN3O3S/c1-15-6-9(5-13-15)14-19(17,18)11-4-8(7-16)2-3-10(11)12/h2-6,14,16H,7H2,1H3. The molecule has 2 rings (SSSR count). The lowest BCUT2D eigenvalue weighted by Gasteiger charge is -2.09. The van der Waals surface area contributed by atoms with E-state index in [1.54, 1.807) is 13.1 Å². The highest BCUT2D eigenvalue weighted by atomic mass is 35.5. The first kappa shape index (κ1) is 13.9. The van der Waals surface area contributed by atoms with E-state index >= 15 is 0 Å². The van der Waals surface area contributed by atoms with Crippen LogP contribution in [0.5, 0.6) is 0 Å². The molecule has 2 aromatic rings. The summed E-state index contributed by atoms with van der Waals surface area (Å²) in [6.07, 6.45) is 2.92. The molecule has 1 heterocycles. The number of hydrogen-bond donors (Lipinski definition) is 2. The number of hydrogen-bond acceptors (Lipinski definition) is 4. The van der Waals surface area contributed by atoms with Crippen LogP contribution in [0.15, 0.2) is 35.5 Å². The summed E-state index contributed by atoms with van der Waals surface area (Å²) in [7, 11) is -2.13. The van der Waals surface area contributed by atoms with Gasteiger partial charge in [0.1, 0.15) is 4.90 Å². The fourth-order valence-corrected chi connectivity index (χ4v) is 3.12. The highest BCUT2D eigenvalue weighted by Gasteiger charge is 2.19. The topological polar surface area (TPSA) is 84.2 Å². The third kappa shape index (κ3) is 3.06. The van der Waals surface area contributed by atoms with Crippen LogP contribution in [-0.2, 0) is 23.7 Å². The molecule has 0 aliphatic carbocycles. The van der Waals surface area contributed by atoms with Crippen molar-refractivity contribution in [3.05, 3.63) is 41.2 Å². The van der Waals surface area contributed by atoms with Gasteiger partial charge in [-0.3, -0.25) is 9.40 Å². The zero-order valence-electron chi connectivity index (χ0n) is 10.0. The lowest BCUT2D eigenvalue weighted by atomic mass is 10.2. The van der Waals surface area contributed by atoms with Crippen LogP contribution in [0.1, 0.15) is 5.56 Å². The molecule has 0 spiro atoms. The Labute approximate surface area is 115 Å². The van der Waals surface area contributed by atoms with E-state index in [4.69, 9.17) is 16.7 Å². The van der Waals surface area contributed by atoms with E-state index in [9.17, 15) is 8.42 Å². The van der Waals surface area contributed by atoms with E-state index in [0.29, 0.717) is 11.3 Å². The maximum atomic E-state index is 12.2. The van der Waals surface area contributed by atoms with Gasteiger partial charge in [0.15, 0.2) is 0 Å². The molecule has 0 aliphatic heterocycles. The number of aromatic nitrogens is 2. The maximum Gasteiger partial charge on any atom is 0.263 e. The molecule has 1 aromatic heterocycles. The molecule has 0 atom stereocenters. The van der Waals surface area contributed by atoms with Crippen molar-refractivity contribution in [3.8, 4) is 0 Å². The molecule has 0 aliphatic rings. The van der Waals surface area contributed by atoms with Crippen molar-refractivity contribution in [1.82, 2.24) is 9.78 Å². The van der Waals surface area contributed by atoms with Gasteiger partial charge in [-0.1, -0.05) is 17.7 Å². The van der Waals surface area contributed by atoms with Gasteiger partial charge in [0.2, 0.25) is 0 Å². The van der Waals surface area contributed by atoms with Crippen molar-refractivity contribution in [3.63, 3.8) is 0 Å². The third-order valence-corrected chi connectivity index (χ3v) is 4.29. The minimum absolute atomic E-state index is 0.0791. The van der Waals surface area contributed by atoms with Crippen LogP contribution in [0, 0.1) is 0 Å². The highest BCUT2D eigenvalue weighted by molar-refractivity contribution is 7.92. The number of halogens is 1. The molecule has 0 radical (unpaired) electrons. The molecule has 0 fully saturated rings. The Hall–Kier alpha value is -1.57. The maximum absolute atomic E-state index is 12.2. The SMILES string of the molecule is Cn1cc(NS(=O)(=O)c2cc(CO)ccc2Cl)cn1. The van der Waals surface area contributed by atoms with Gasteiger partial charge in [-0.05, 0) is 17.7 Å². The number of nitrogens with one attached hydrogen (secondary N) is 1. The van der Waals surface area contributed by atoms with Gasteiger partial charge in [-0.2, -0.15) is 5.10 Å². The second kappa shape index (κ2) is 5.20. The zero-order valence-corrected chi connectivity index (χ0v) is 11.6. The number of rotatable bonds is 4. The van der Waals surface area contributed by atoms with Crippen LogP contribution in [0.2, 0.25) is 5.02 Å². The predicted molar refractivity (Wildman–Crippen MR) is 71.4 cm³/mol. The van der Waals surface area contributed by atoms with Crippen LogP contribution >= 0.6 is 11.6 Å². The first-order chi connectivity index (χ1) is 8.92. The summed E-state index contributed by atoms with van der Waals surface area (Å²) in [4.78, 5) is -0.0791. The van der Waals surface area contributed by atoms with Crippen LogP contribution < -0.4 is 4.72 Å². The number of benzene rings is 1. The molecular weight excluding hydrogens is 290 g/mol. The zero-order chi connectivity index (χ0) is 14.0. The van der Waals surface area contributed by atoms with Crippen LogP contribution in [-0.4, -0.2) is 23.3 Å². The van der Waals surface area contributed by atoms with E-state index < -0.39 is 10.0 Å². The Balaban J connectivity index is 2.39. The van der Waals surface area contributed by atoms with Crippen LogP contribution in [0.4, 0.5) is 5.69 Å². The first-order valence-electron chi connectivity index (χ1n) is 5.33. The summed E-state index contributed by atoms with van der Waals surface area (Å²) >= 11 is 5.89. The molecule has 0 saturated heterocycles. The van der Waals surface area contributed by atoms with Crippen molar-refractivity contribution in [1.29, 1.82) is 0 Å². The fourth-order valence-electron chi connectivity index (χ4n) is 1.54. The van der Waals surface area contributed by atoms with Gasteiger partial charge in [0.25, 0.3) is 10.0 Å². The number of sulfonamides is 1. The summed E-state index contributed by atoms with van der Waals surface area (Å²) in [5.74, 6) is 0. The molecule has 102 valence electrons. The predicted octanol–water partition coefficient (Wildman–Crippen LogP) is 1.37. The average Bonchev–Trinajstić information content (AvgIpc) is 2.74. The average molecular weight is 302 g/mol. The van der Waals surface area contributed by atoms with E-state index in [1.807, 2.05) is 0 Å². The number of aliphatic hydroxyl groups excluding tert-OH is 1. The summed E-state index contributed by atoms with van der Waals surface area (Å²) in [5, 5.41) is 13.0. The van der Waals surface area contributed by atoms with E-state index in [1.165, 1.54) is 29.2 Å². The summed E-state index contributed by atoms with van der Waals surface area (Å²) in [6, 6.07) is 4.33. The highest BCUT2D eigenvalue weighted by Crippen LogP contribution is 2.24. The molecule has 0 unspecified atom stereocenters. The Kier molecular flexibility index (Phi) is 3.79. The van der Waals surface area contributed by atoms with Gasteiger partial charge in [-0.15, -0.1) is 0 Å². The van der Waals surface area contributed by atoms with Crippen molar-refractivity contribution in [2.24, 2.45) is 7.05 Å². The van der Waals surface area contributed by atoms with Crippen LogP contribution in [0.3, 0.4) is 0 Å². The third-order valence-electron chi connectivity index (χ3n) is 2.42. The molecule has 1 aromatic carbocycles. The lowest BCUT2D eigenvalue weighted by Crippen LogP contribution is -2.13. The number of aryl methyl sites for hydroxylation is 1. The van der Waals surface area contributed by atoms with E-state index in [-0.39, 0.29) is 16.5 Å². The Morgan fingerprint density at radius 3 is 2.79 bits per heavy atom. The monoisotopic (exact) mass is 301 g/mol. The summed E-state index contributed by atoms with van der Waals surface area (Å²) < 4.78 is 28.2. The number of aliphatic hydroxyl groups is 1. The smallest absolute Gasteiger partial charge is 0.263 e. The first-order valence-corrected chi connectivity index (χ1v) is 7.19. The largest absolute Gasteiger partial charge is 0.392 e. The Morgan fingerprint density at radius 2 is 2.21 bits per heavy atom. The van der Waals surface area contributed by atoms with E-state index in [2.05, 4.69) is 9.82 Å². The van der Waals surface area contributed by atoms with Gasteiger partial charge in [0.05, 0.1) is 23.5 Å². The minimum Gasteiger partial charge on any atom is -0.392 e. The van der Waals surface area contributed by atoms with Gasteiger partial charge in [0, 0.05) is 13.2 Å². The Morgan fingerprint density at radius 1 is 1.47 bits per heavy atom. The molecule has 0 bridgehead atoms. The summed E-state index contributed by atoms with van der Waals surface area (Å²) in [5.41, 5.74) is 0.809. The fraction of sp³-hybridized carbons (Fsp3) is 0.182. The van der Waals surface area contributed by atoms with Crippen LogP contribution in [0.25, 0.3) is 0 Å². The van der Waals surface area contributed by atoms with Gasteiger partial charge >= 0.3 is 0 Å². The molecule has 0 saturated carbocycles. The molecule has 2 N–H and O–H groups in total. The normalized spacial score (nSPS) is 11.5. The Bertz CT molecular complexity index is 697. The minimum atomic E-state index is -3.81. The number of nitrogens with zero attached hydrogens (tertiary/aromatic N) is 2. The van der Waals surface area contributed by atoms with Crippen molar-refractivity contribution < 1.29 is 13.5 Å². The lowest BCUT2D eigenvalue weighted by molar-refractivity contribution is 0.281. The second-order valence-electron chi connectivity index (χ2n) is 3.93. The van der Waals surface area contributed by atoms with Crippen molar-refractivity contribution in [2.45, 2.75) is 11.5 Å². The van der Waals surface area contributed by atoms with E-state index in [0.717, 1.165) is 0 Å². The van der Waals surface area contributed by atoms with Crippen molar-refractivity contribution in [2.75, 3.05) is 4.72 Å². The second-order valence-corrected chi connectivity index (χ2v) is 5.99. The number of anilines is 1. The molecule has 0 amide bonds. The quantitative estimate of drug-likeness (QED) is 0.893. The van der Waals surface area contributed by atoms with Gasteiger partial charge < -0.3 is 5.11 Å². The molecule has 19 heavy (non-hydrogen) atoms. The van der Waals surface area contributed by atoms with Gasteiger partial charge in [-0.25, -0.2) is 8.42 Å². The molecule has 6 nitrogen and oxygen atoms in total. The molecular formula is C11H12ClN3O3S. The van der Waals surface area contributed by atoms with Crippen molar-refractivity contribution >= 4 is 27.3 Å². The summed E-state index contributed by atoms with van der Waals surface area (Å²) in [6.45, 7) is -0.257.